The van der Waals surface area contributed by atoms with Crippen LogP contribution in [-0.2, 0) is 0 Å². The average Bonchev–Trinajstić information content (AvgIpc) is 4.14. The van der Waals surface area contributed by atoms with Crippen molar-refractivity contribution < 1.29 is 0 Å². The van der Waals surface area contributed by atoms with Gasteiger partial charge in [0, 0.05) is 48.5 Å². The highest BCUT2D eigenvalue weighted by atomic mass is 32.1. The first kappa shape index (κ1) is 33.5. The summed E-state index contributed by atoms with van der Waals surface area (Å²) < 4.78 is 0. The summed E-state index contributed by atoms with van der Waals surface area (Å²) >= 11 is 5.51. The Hall–Kier alpha value is -7.14. The van der Waals surface area contributed by atoms with Gasteiger partial charge in [0.1, 0.15) is 0 Å². The van der Waals surface area contributed by atoms with E-state index < -0.39 is 0 Å². The summed E-state index contributed by atoms with van der Waals surface area (Å²) in [6.07, 6.45) is 0. The van der Waals surface area contributed by atoms with Crippen LogP contribution in [-0.4, -0.2) is 0 Å². The molecule has 13 aromatic carbocycles. The molecule has 16 rings (SSSR count). The second-order valence-electron chi connectivity index (χ2n) is 17.6. The molecule has 0 saturated heterocycles. The molecule has 0 nitrogen and oxygen atoms in total. The Morgan fingerprint density at radius 2 is 0.413 bits per heavy atom. The Morgan fingerprint density at radius 1 is 0.175 bits per heavy atom. The fraction of sp³-hybridized carbons (Fsp3) is 0. The van der Waals surface area contributed by atoms with E-state index >= 15 is 0 Å². The second kappa shape index (κ2) is 11.9. The minimum absolute atomic E-state index is 1.28. The Labute approximate surface area is 371 Å². The van der Waals surface area contributed by atoms with Gasteiger partial charge in [-0.2, -0.15) is 34.0 Å². The van der Waals surface area contributed by atoms with Crippen molar-refractivity contribution in [2.45, 2.75) is 0 Å². The highest BCUT2D eigenvalue weighted by Crippen LogP contribution is 2.55. The highest BCUT2D eigenvalue weighted by Gasteiger charge is 2.26. The molecule has 3 heteroatoms. The van der Waals surface area contributed by atoms with Gasteiger partial charge in [0.15, 0.2) is 0 Å². The normalized spacial score (nSPS) is 12.8. The molecule has 0 saturated carbocycles. The maximum atomic E-state index is 2.46. The van der Waals surface area contributed by atoms with Crippen molar-refractivity contribution in [2.24, 2.45) is 0 Å². The van der Waals surface area contributed by atoms with Gasteiger partial charge in [0.25, 0.3) is 0 Å². The highest BCUT2D eigenvalue weighted by molar-refractivity contribution is 7.10. The first-order valence-electron chi connectivity index (χ1n) is 21.6. The molecule has 0 unspecified atom stereocenters. The van der Waals surface area contributed by atoms with Crippen molar-refractivity contribution in [3.63, 3.8) is 0 Å². The molecule has 16 aromatic rings. The van der Waals surface area contributed by atoms with Gasteiger partial charge in [-0.3, -0.25) is 0 Å². The quantitative estimate of drug-likeness (QED) is 0.105. The standard InChI is InChI=1S/C60H30S3/c1-4-10-34-22-43-37(19-31(34)7-1)13-16-40-52(43)46-25-61-28-49(46)58-55(40)59-50-29-62-26-47(50)54-42(18-15-39-21-33-9-3-6-12-36(33)24-45(39)54)57(59)60-51-30-63-27-48(51)53-41(56(58)60)17-14-38-20-32-8-2-5-11-35(32)23-44(38)53/h1-30H. The summed E-state index contributed by atoms with van der Waals surface area (Å²) in [4.78, 5) is 0. The molecule has 0 atom stereocenters. The van der Waals surface area contributed by atoms with Crippen LogP contribution >= 0.6 is 34.0 Å². The molecule has 288 valence electrons. The molecule has 3 heterocycles. The van der Waals surface area contributed by atoms with Crippen molar-refractivity contribution >= 4 is 196 Å². The van der Waals surface area contributed by atoms with E-state index in [1.165, 1.54) is 162 Å². The second-order valence-corrected chi connectivity index (χ2v) is 19.8. The number of benzene rings is 13. The third kappa shape index (κ3) is 4.21. The number of fused-ring (bicyclic) bond motifs is 30. The summed E-state index contributed by atoms with van der Waals surface area (Å²) in [5.74, 6) is 0. The van der Waals surface area contributed by atoms with Gasteiger partial charge >= 0.3 is 0 Å². The molecular formula is C60H30S3. The number of rotatable bonds is 0. The first-order chi connectivity index (χ1) is 31.2. The van der Waals surface area contributed by atoms with Crippen LogP contribution in [0.4, 0.5) is 0 Å². The lowest BCUT2D eigenvalue weighted by molar-refractivity contribution is 1.80. The Balaban J connectivity index is 1.26. The van der Waals surface area contributed by atoms with Crippen LogP contribution < -0.4 is 0 Å². The maximum absolute atomic E-state index is 2.46. The van der Waals surface area contributed by atoms with Gasteiger partial charge in [0.05, 0.1) is 0 Å². The molecule has 0 amide bonds. The van der Waals surface area contributed by atoms with E-state index in [1.807, 2.05) is 34.0 Å². The Bertz CT molecular complexity index is 4270. The van der Waals surface area contributed by atoms with Gasteiger partial charge < -0.3 is 0 Å². The molecule has 63 heavy (non-hydrogen) atoms. The van der Waals surface area contributed by atoms with Gasteiger partial charge in [-0.15, -0.1) is 0 Å². The monoisotopic (exact) mass is 846 g/mol. The molecule has 0 aliphatic heterocycles. The van der Waals surface area contributed by atoms with Crippen LogP contribution in [0.3, 0.4) is 0 Å². The minimum Gasteiger partial charge on any atom is -0.151 e. The SMILES string of the molecule is c1ccc2cc3c(ccc4c3c3cscc3c3c4c4c5cscc5c5c6cc7ccccc7cc6ccc5c4c4c5cscc5c5c6cc7ccccc7cc6ccc5c34)cc2c1. The van der Waals surface area contributed by atoms with Crippen molar-refractivity contribution in [3.8, 4) is 0 Å². The van der Waals surface area contributed by atoms with Gasteiger partial charge in [0.2, 0.25) is 0 Å². The van der Waals surface area contributed by atoms with E-state index in [0.717, 1.165) is 0 Å². The lowest BCUT2D eigenvalue weighted by Crippen LogP contribution is -1.93. The molecule has 0 N–H and O–H groups in total. The summed E-state index contributed by atoms with van der Waals surface area (Å²) in [5.41, 5.74) is 0. The van der Waals surface area contributed by atoms with Gasteiger partial charge in [-0.05, 0) is 182 Å². The summed E-state index contributed by atoms with van der Waals surface area (Å²) in [6, 6.07) is 55.6. The van der Waals surface area contributed by atoms with E-state index in [0.29, 0.717) is 0 Å². The summed E-state index contributed by atoms with van der Waals surface area (Å²) in [7, 11) is 0. The van der Waals surface area contributed by atoms with E-state index in [-0.39, 0.29) is 0 Å². The first-order valence-corrected chi connectivity index (χ1v) is 24.4. The van der Waals surface area contributed by atoms with Crippen molar-refractivity contribution in [3.05, 3.63) is 178 Å². The third-order valence-electron chi connectivity index (χ3n) is 14.6. The minimum atomic E-state index is 1.28. The topological polar surface area (TPSA) is 0 Å². The van der Waals surface area contributed by atoms with Crippen LogP contribution in [0.5, 0.6) is 0 Å². The Kier molecular flexibility index (Phi) is 6.30. The molecule has 0 spiro atoms. The predicted octanol–water partition coefficient (Wildman–Crippen LogP) is 19.2. The zero-order chi connectivity index (χ0) is 40.7. The van der Waals surface area contributed by atoms with Crippen LogP contribution in [0, 0.1) is 0 Å². The van der Waals surface area contributed by atoms with Crippen molar-refractivity contribution in [2.75, 3.05) is 0 Å². The van der Waals surface area contributed by atoms with E-state index in [2.05, 4.69) is 178 Å². The summed E-state index contributed by atoms with van der Waals surface area (Å²) in [6.45, 7) is 0. The summed E-state index contributed by atoms with van der Waals surface area (Å²) in [5, 5.41) is 54.4. The van der Waals surface area contributed by atoms with Gasteiger partial charge in [-0.1, -0.05) is 109 Å². The lowest BCUT2D eigenvalue weighted by Gasteiger charge is -2.21. The molecule has 3 aromatic heterocycles. The fourth-order valence-corrected chi connectivity index (χ4v) is 14.4. The van der Waals surface area contributed by atoms with Crippen LogP contribution in [0.15, 0.2) is 178 Å². The molecular weight excluding hydrogens is 817 g/mol. The molecule has 0 radical (unpaired) electrons. The number of hydrogen-bond donors (Lipinski definition) is 0. The van der Waals surface area contributed by atoms with E-state index in [4.69, 9.17) is 0 Å². The number of hydrogen-bond acceptors (Lipinski definition) is 3. The van der Waals surface area contributed by atoms with Crippen LogP contribution in [0.2, 0.25) is 0 Å². The maximum Gasteiger partial charge on any atom is 0.00152 e. The predicted molar refractivity (Wildman–Crippen MR) is 283 cm³/mol. The lowest BCUT2D eigenvalue weighted by atomic mass is 9.80. The Morgan fingerprint density at radius 3 is 0.698 bits per heavy atom. The fourth-order valence-electron chi connectivity index (χ4n) is 12.0. The van der Waals surface area contributed by atoms with Crippen LogP contribution in [0.1, 0.15) is 0 Å². The van der Waals surface area contributed by atoms with E-state index in [1.54, 1.807) is 0 Å². The van der Waals surface area contributed by atoms with Crippen LogP contribution in [0.25, 0.3) is 162 Å². The molecule has 0 aliphatic carbocycles. The molecule has 0 fully saturated rings. The number of thiophene rings is 3. The van der Waals surface area contributed by atoms with Crippen molar-refractivity contribution in [1.82, 2.24) is 0 Å². The largest absolute Gasteiger partial charge is 0.151 e. The zero-order valence-electron chi connectivity index (χ0n) is 33.5. The molecule has 0 aliphatic rings. The van der Waals surface area contributed by atoms with Crippen molar-refractivity contribution in [1.29, 1.82) is 0 Å². The van der Waals surface area contributed by atoms with E-state index in [9.17, 15) is 0 Å². The molecule has 0 bridgehead atoms. The zero-order valence-corrected chi connectivity index (χ0v) is 36.0. The smallest absolute Gasteiger partial charge is 0.00152 e. The third-order valence-corrected chi connectivity index (χ3v) is 16.8. The average molecular weight is 847 g/mol. The van der Waals surface area contributed by atoms with Gasteiger partial charge in [-0.25, -0.2) is 0 Å².